The first kappa shape index (κ1) is 12.8. The Bertz CT molecular complexity index is 426. The molecular weight excluding hydrogens is 228 g/mol. The summed E-state index contributed by atoms with van der Waals surface area (Å²) in [6.07, 6.45) is 2.58. The molecule has 98 valence electrons. The summed E-state index contributed by atoms with van der Waals surface area (Å²) in [6.45, 7) is 5.73. The number of aryl methyl sites for hydroxylation is 2. The van der Waals surface area contributed by atoms with Crippen LogP contribution >= 0.6 is 0 Å². The third-order valence-electron chi connectivity index (χ3n) is 3.26. The van der Waals surface area contributed by atoms with Crippen LogP contribution in [0.1, 0.15) is 30.7 Å². The number of hydrogen-bond donors (Lipinski definition) is 1. The molecule has 1 atom stereocenters. The minimum atomic E-state index is -0.219. The Hall–Kier alpha value is -1.65. The Morgan fingerprint density at radius 2 is 2.11 bits per heavy atom. The molecule has 0 bridgehead atoms. The molecule has 1 aromatic heterocycles. The predicted octanol–water partition coefficient (Wildman–Crippen LogP) is 1.19. The molecule has 2 rings (SSSR count). The van der Waals surface area contributed by atoms with Gasteiger partial charge in [0.1, 0.15) is 0 Å². The summed E-state index contributed by atoms with van der Waals surface area (Å²) in [4.78, 5) is 22.1. The minimum Gasteiger partial charge on any atom is -0.370 e. The number of amides is 1. The lowest BCUT2D eigenvalue weighted by molar-refractivity contribution is -0.118. The fourth-order valence-corrected chi connectivity index (χ4v) is 2.55. The number of piperidine rings is 1. The monoisotopic (exact) mass is 248 g/mol. The van der Waals surface area contributed by atoms with Gasteiger partial charge in [-0.15, -0.1) is 0 Å². The number of aromatic nitrogens is 2. The lowest BCUT2D eigenvalue weighted by atomic mass is 9.95. The van der Waals surface area contributed by atoms with E-state index in [1.807, 2.05) is 19.9 Å². The fraction of sp³-hybridized carbons (Fsp3) is 0.615. The maximum atomic E-state index is 11.0. The van der Waals surface area contributed by atoms with E-state index in [4.69, 9.17) is 5.73 Å². The molecule has 5 heteroatoms. The number of hydrogen-bond acceptors (Lipinski definition) is 4. The molecule has 0 spiro atoms. The Morgan fingerprint density at radius 1 is 1.44 bits per heavy atom. The first-order valence-corrected chi connectivity index (χ1v) is 6.40. The van der Waals surface area contributed by atoms with Crippen LogP contribution in [0.25, 0.3) is 0 Å². The van der Waals surface area contributed by atoms with Crippen molar-refractivity contribution in [3.05, 3.63) is 17.5 Å². The SMILES string of the molecule is Cc1cc(C)nc(N2CCCC(CC(N)=O)C2)n1. The molecule has 1 saturated heterocycles. The molecular formula is C13H20N4O. The Kier molecular flexibility index (Phi) is 3.79. The van der Waals surface area contributed by atoms with Gasteiger partial charge < -0.3 is 10.6 Å². The van der Waals surface area contributed by atoms with Gasteiger partial charge in [0, 0.05) is 30.9 Å². The number of primary amides is 1. The van der Waals surface area contributed by atoms with E-state index in [1.54, 1.807) is 0 Å². The summed E-state index contributed by atoms with van der Waals surface area (Å²) in [5.74, 6) is 0.894. The van der Waals surface area contributed by atoms with E-state index in [0.717, 1.165) is 43.3 Å². The number of carbonyl (C=O) groups is 1. The van der Waals surface area contributed by atoms with Crippen LogP contribution < -0.4 is 10.6 Å². The third kappa shape index (κ3) is 3.18. The van der Waals surface area contributed by atoms with Crippen LogP contribution in [0.15, 0.2) is 6.07 Å². The molecule has 2 N–H and O–H groups in total. The van der Waals surface area contributed by atoms with Crippen LogP contribution in [0.4, 0.5) is 5.95 Å². The largest absolute Gasteiger partial charge is 0.370 e. The second-order valence-electron chi connectivity index (χ2n) is 5.08. The first-order chi connectivity index (χ1) is 8.54. The lowest BCUT2D eigenvalue weighted by Crippen LogP contribution is -2.38. The number of nitrogens with zero attached hydrogens (tertiary/aromatic N) is 3. The number of nitrogens with two attached hydrogens (primary N) is 1. The average molecular weight is 248 g/mol. The van der Waals surface area contributed by atoms with E-state index in [0.29, 0.717) is 12.3 Å². The summed E-state index contributed by atoms with van der Waals surface area (Å²) >= 11 is 0. The van der Waals surface area contributed by atoms with Crippen molar-refractivity contribution in [2.45, 2.75) is 33.1 Å². The second-order valence-corrected chi connectivity index (χ2v) is 5.08. The van der Waals surface area contributed by atoms with Crippen molar-refractivity contribution in [2.75, 3.05) is 18.0 Å². The van der Waals surface area contributed by atoms with Gasteiger partial charge in [0.25, 0.3) is 0 Å². The highest BCUT2D eigenvalue weighted by Crippen LogP contribution is 2.22. The molecule has 1 aliphatic heterocycles. The van der Waals surface area contributed by atoms with Crippen LogP contribution in [0, 0.1) is 19.8 Å². The van der Waals surface area contributed by atoms with Crippen molar-refractivity contribution in [1.29, 1.82) is 0 Å². The van der Waals surface area contributed by atoms with Crippen molar-refractivity contribution in [2.24, 2.45) is 11.7 Å². The predicted molar refractivity (Wildman–Crippen MR) is 70.3 cm³/mol. The average Bonchev–Trinajstić information content (AvgIpc) is 2.27. The molecule has 1 fully saturated rings. The van der Waals surface area contributed by atoms with E-state index in [1.165, 1.54) is 0 Å². The standard InChI is InChI=1S/C13H20N4O/c1-9-6-10(2)16-13(15-9)17-5-3-4-11(8-17)7-12(14)18/h6,11H,3-5,7-8H2,1-2H3,(H2,14,18). The van der Waals surface area contributed by atoms with Crippen molar-refractivity contribution >= 4 is 11.9 Å². The fourth-order valence-electron chi connectivity index (χ4n) is 2.55. The molecule has 5 nitrogen and oxygen atoms in total. The molecule has 1 aliphatic rings. The van der Waals surface area contributed by atoms with E-state index in [-0.39, 0.29) is 5.91 Å². The number of rotatable bonds is 3. The van der Waals surface area contributed by atoms with Gasteiger partial charge in [-0.1, -0.05) is 0 Å². The molecule has 2 heterocycles. The first-order valence-electron chi connectivity index (χ1n) is 6.40. The summed E-state index contributed by atoms with van der Waals surface area (Å²) in [6, 6.07) is 1.97. The molecule has 1 unspecified atom stereocenters. The van der Waals surface area contributed by atoms with E-state index >= 15 is 0 Å². The maximum absolute atomic E-state index is 11.0. The van der Waals surface area contributed by atoms with Crippen LogP contribution in [-0.4, -0.2) is 29.0 Å². The Labute approximate surface area is 107 Å². The van der Waals surface area contributed by atoms with Crippen LogP contribution in [0.5, 0.6) is 0 Å². The number of carbonyl (C=O) groups excluding carboxylic acids is 1. The highest BCUT2D eigenvalue weighted by molar-refractivity contribution is 5.74. The van der Waals surface area contributed by atoms with Gasteiger partial charge in [-0.05, 0) is 38.7 Å². The van der Waals surface area contributed by atoms with Crippen molar-refractivity contribution in [3.63, 3.8) is 0 Å². The molecule has 0 saturated carbocycles. The van der Waals surface area contributed by atoms with Gasteiger partial charge in [0.05, 0.1) is 0 Å². The van der Waals surface area contributed by atoms with Crippen LogP contribution in [-0.2, 0) is 4.79 Å². The van der Waals surface area contributed by atoms with Gasteiger partial charge in [0.15, 0.2) is 0 Å². The summed E-state index contributed by atoms with van der Waals surface area (Å²) < 4.78 is 0. The number of anilines is 1. The van der Waals surface area contributed by atoms with Crippen LogP contribution in [0.3, 0.4) is 0 Å². The van der Waals surface area contributed by atoms with E-state index in [9.17, 15) is 4.79 Å². The van der Waals surface area contributed by atoms with Gasteiger partial charge in [-0.2, -0.15) is 0 Å². The molecule has 0 aromatic carbocycles. The van der Waals surface area contributed by atoms with E-state index in [2.05, 4.69) is 14.9 Å². The summed E-state index contributed by atoms with van der Waals surface area (Å²) in [5.41, 5.74) is 7.23. The zero-order valence-electron chi connectivity index (χ0n) is 11.0. The molecule has 0 radical (unpaired) electrons. The maximum Gasteiger partial charge on any atom is 0.225 e. The van der Waals surface area contributed by atoms with Gasteiger partial charge in [-0.3, -0.25) is 4.79 Å². The van der Waals surface area contributed by atoms with Gasteiger partial charge in [0.2, 0.25) is 11.9 Å². The van der Waals surface area contributed by atoms with Crippen molar-refractivity contribution < 1.29 is 4.79 Å². The zero-order chi connectivity index (χ0) is 13.1. The quantitative estimate of drug-likeness (QED) is 0.872. The second kappa shape index (κ2) is 5.33. The minimum absolute atomic E-state index is 0.219. The molecule has 1 aromatic rings. The summed E-state index contributed by atoms with van der Waals surface area (Å²) in [7, 11) is 0. The molecule has 18 heavy (non-hydrogen) atoms. The van der Waals surface area contributed by atoms with Gasteiger partial charge in [-0.25, -0.2) is 9.97 Å². The van der Waals surface area contributed by atoms with Crippen molar-refractivity contribution in [3.8, 4) is 0 Å². The third-order valence-corrected chi connectivity index (χ3v) is 3.26. The highest BCUT2D eigenvalue weighted by atomic mass is 16.1. The molecule has 1 amide bonds. The summed E-state index contributed by atoms with van der Waals surface area (Å²) in [5, 5.41) is 0. The smallest absolute Gasteiger partial charge is 0.225 e. The topological polar surface area (TPSA) is 72.1 Å². The van der Waals surface area contributed by atoms with Gasteiger partial charge >= 0.3 is 0 Å². The zero-order valence-corrected chi connectivity index (χ0v) is 11.0. The highest BCUT2D eigenvalue weighted by Gasteiger charge is 2.23. The van der Waals surface area contributed by atoms with Crippen molar-refractivity contribution in [1.82, 2.24) is 9.97 Å². The Morgan fingerprint density at radius 3 is 2.72 bits per heavy atom. The Balaban J connectivity index is 2.10. The molecule has 0 aliphatic carbocycles. The lowest BCUT2D eigenvalue weighted by Gasteiger charge is -2.32. The van der Waals surface area contributed by atoms with E-state index < -0.39 is 0 Å². The normalized spacial score (nSPS) is 19.9. The van der Waals surface area contributed by atoms with Crippen LogP contribution in [0.2, 0.25) is 0 Å².